The van der Waals surface area contributed by atoms with Crippen molar-refractivity contribution in [2.45, 2.75) is 25.7 Å². The molecule has 0 bridgehead atoms. The maximum atomic E-state index is 13.8. The van der Waals surface area contributed by atoms with Gasteiger partial charge in [-0.1, -0.05) is 6.08 Å². The molecule has 2 aromatic heterocycles. The molecular formula is C20H19FN2O. The van der Waals surface area contributed by atoms with Crippen molar-refractivity contribution in [1.29, 1.82) is 0 Å². The van der Waals surface area contributed by atoms with E-state index in [1.165, 1.54) is 30.5 Å². The first-order chi connectivity index (χ1) is 11.8. The molecule has 3 aromatic rings. The van der Waals surface area contributed by atoms with Gasteiger partial charge in [-0.3, -0.25) is 0 Å². The number of hydrogen-bond acceptors (Lipinski definition) is 2. The van der Waals surface area contributed by atoms with Crippen LogP contribution in [-0.4, -0.2) is 17.1 Å². The maximum Gasteiger partial charge on any atom is 0.138 e. The van der Waals surface area contributed by atoms with Crippen LogP contribution in [0.15, 0.2) is 42.6 Å². The number of fused-ring (bicyclic) bond motifs is 1. The Morgan fingerprint density at radius 3 is 2.83 bits per heavy atom. The van der Waals surface area contributed by atoms with Gasteiger partial charge in [0.15, 0.2) is 0 Å². The molecule has 1 aliphatic rings. The van der Waals surface area contributed by atoms with E-state index in [0.717, 1.165) is 40.7 Å². The monoisotopic (exact) mass is 322 g/mol. The van der Waals surface area contributed by atoms with E-state index in [9.17, 15) is 4.39 Å². The van der Waals surface area contributed by atoms with Gasteiger partial charge < -0.3 is 9.72 Å². The Morgan fingerprint density at radius 2 is 2.04 bits per heavy atom. The average Bonchev–Trinajstić information content (AvgIpc) is 3.06. The van der Waals surface area contributed by atoms with Crippen LogP contribution in [0.2, 0.25) is 0 Å². The fourth-order valence-corrected chi connectivity index (χ4v) is 3.41. The van der Waals surface area contributed by atoms with Crippen molar-refractivity contribution < 1.29 is 9.13 Å². The number of pyridine rings is 1. The van der Waals surface area contributed by atoms with Crippen molar-refractivity contribution in [3.05, 3.63) is 54.1 Å². The number of ether oxygens (including phenoxy) is 1. The van der Waals surface area contributed by atoms with E-state index < -0.39 is 0 Å². The molecule has 1 N–H and O–H groups in total. The van der Waals surface area contributed by atoms with Crippen LogP contribution in [0.5, 0.6) is 5.75 Å². The lowest BCUT2D eigenvalue weighted by Crippen LogP contribution is -1.91. The van der Waals surface area contributed by atoms with Crippen LogP contribution in [0, 0.1) is 5.82 Å². The Balaban J connectivity index is 1.89. The lowest BCUT2D eigenvalue weighted by molar-refractivity contribution is 0.415. The fraction of sp³-hybridized carbons (Fsp3) is 0.250. The zero-order valence-corrected chi connectivity index (χ0v) is 13.6. The van der Waals surface area contributed by atoms with Gasteiger partial charge in [-0.2, -0.15) is 0 Å². The molecule has 0 spiro atoms. The van der Waals surface area contributed by atoms with E-state index in [-0.39, 0.29) is 5.82 Å². The molecule has 2 heterocycles. The van der Waals surface area contributed by atoms with E-state index in [1.807, 2.05) is 6.07 Å². The van der Waals surface area contributed by atoms with Gasteiger partial charge in [-0.15, -0.1) is 0 Å². The zero-order chi connectivity index (χ0) is 16.5. The third kappa shape index (κ3) is 2.58. The van der Waals surface area contributed by atoms with Crippen LogP contribution in [0.1, 0.15) is 31.4 Å². The summed E-state index contributed by atoms with van der Waals surface area (Å²) < 4.78 is 19.2. The number of allylic oxidation sites excluding steroid dienone is 2. The maximum absolute atomic E-state index is 13.8. The molecule has 0 saturated heterocycles. The largest absolute Gasteiger partial charge is 0.496 e. The second-order valence-electron chi connectivity index (χ2n) is 6.12. The second-order valence-corrected chi connectivity index (χ2v) is 6.12. The number of aromatic nitrogens is 2. The molecule has 1 aromatic carbocycles. The molecular weight excluding hydrogens is 303 g/mol. The zero-order valence-electron chi connectivity index (χ0n) is 13.6. The topological polar surface area (TPSA) is 37.9 Å². The Kier molecular flexibility index (Phi) is 3.81. The van der Waals surface area contributed by atoms with Crippen molar-refractivity contribution in [1.82, 2.24) is 9.97 Å². The first kappa shape index (κ1) is 14.9. The summed E-state index contributed by atoms with van der Waals surface area (Å²) in [6.07, 6.45) is 8.75. The predicted molar refractivity (Wildman–Crippen MR) is 94.5 cm³/mol. The number of methoxy groups -OCH3 is 1. The SMILES string of the molecule is COc1ccc(F)cc1-c1ccnc2[nH]c(C3=CCCCC3)cc12. The number of aromatic amines is 1. The summed E-state index contributed by atoms with van der Waals surface area (Å²) in [5.41, 5.74) is 4.94. The number of hydrogen-bond donors (Lipinski definition) is 1. The molecule has 24 heavy (non-hydrogen) atoms. The normalized spacial score (nSPS) is 14.7. The minimum Gasteiger partial charge on any atom is -0.496 e. The third-order valence-electron chi connectivity index (χ3n) is 4.62. The fourth-order valence-electron chi connectivity index (χ4n) is 3.41. The summed E-state index contributed by atoms with van der Waals surface area (Å²) in [5, 5.41) is 0.989. The van der Waals surface area contributed by atoms with Gasteiger partial charge >= 0.3 is 0 Å². The summed E-state index contributed by atoms with van der Waals surface area (Å²) in [6.45, 7) is 0. The molecule has 0 saturated carbocycles. The van der Waals surface area contributed by atoms with Crippen molar-refractivity contribution in [3.8, 4) is 16.9 Å². The molecule has 0 unspecified atom stereocenters. The molecule has 4 heteroatoms. The van der Waals surface area contributed by atoms with Gasteiger partial charge in [0, 0.05) is 22.8 Å². The first-order valence-electron chi connectivity index (χ1n) is 8.27. The summed E-state index contributed by atoms with van der Waals surface area (Å²) in [4.78, 5) is 7.86. The van der Waals surface area contributed by atoms with E-state index in [1.54, 1.807) is 19.4 Å². The molecule has 3 nitrogen and oxygen atoms in total. The molecule has 0 aliphatic heterocycles. The highest BCUT2D eigenvalue weighted by molar-refractivity contribution is 5.96. The minimum atomic E-state index is -0.276. The molecule has 0 amide bonds. The van der Waals surface area contributed by atoms with Crippen LogP contribution < -0.4 is 4.74 Å². The summed E-state index contributed by atoms with van der Waals surface area (Å²) in [7, 11) is 1.60. The quantitative estimate of drug-likeness (QED) is 0.707. The number of halogens is 1. The predicted octanol–water partition coefficient (Wildman–Crippen LogP) is 5.34. The Morgan fingerprint density at radius 1 is 1.12 bits per heavy atom. The van der Waals surface area contributed by atoms with Crippen LogP contribution in [0.4, 0.5) is 4.39 Å². The first-order valence-corrected chi connectivity index (χ1v) is 8.27. The van der Waals surface area contributed by atoms with Crippen molar-refractivity contribution in [2.75, 3.05) is 7.11 Å². The van der Waals surface area contributed by atoms with E-state index in [0.29, 0.717) is 5.75 Å². The van der Waals surface area contributed by atoms with Crippen LogP contribution in [0.3, 0.4) is 0 Å². The van der Waals surface area contributed by atoms with Crippen LogP contribution in [-0.2, 0) is 0 Å². The highest BCUT2D eigenvalue weighted by Crippen LogP contribution is 2.37. The summed E-state index contributed by atoms with van der Waals surface area (Å²) in [5.74, 6) is 0.380. The van der Waals surface area contributed by atoms with E-state index >= 15 is 0 Å². The lowest BCUT2D eigenvalue weighted by atomic mass is 9.96. The average molecular weight is 322 g/mol. The molecule has 122 valence electrons. The third-order valence-corrected chi connectivity index (χ3v) is 4.62. The van der Waals surface area contributed by atoms with Crippen molar-refractivity contribution in [3.63, 3.8) is 0 Å². The van der Waals surface area contributed by atoms with E-state index in [2.05, 4.69) is 22.1 Å². The van der Waals surface area contributed by atoms with Gasteiger partial charge in [0.1, 0.15) is 17.2 Å². The number of benzene rings is 1. The highest BCUT2D eigenvalue weighted by atomic mass is 19.1. The molecule has 1 aliphatic carbocycles. The lowest BCUT2D eigenvalue weighted by Gasteiger charge is -2.10. The number of nitrogens with one attached hydrogen (secondary N) is 1. The van der Waals surface area contributed by atoms with Gasteiger partial charge in [0.25, 0.3) is 0 Å². The second kappa shape index (κ2) is 6.11. The van der Waals surface area contributed by atoms with E-state index in [4.69, 9.17) is 4.74 Å². The van der Waals surface area contributed by atoms with Crippen molar-refractivity contribution in [2.24, 2.45) is 0 Å². The molecule has 0 atom stereocenters. The van der Waals surface area contributed by atoms with Gasteiger partial charge in [0.05, 0.1) is 7.11 Å². The molecule has 4 rings (SSSR count). The van der Waals surface area contributed by atoms with Crippen molar-refractivity contribution >= 4 is 16.6 Å². The summed E-state index contributed by atoms with van der Waals surface area (Å²) >= 11 is 0. The highest BCUT2D eigenvalue weighted by Gasteiger charge is 2.15. The minimum absolute atomic E-state index is 0.276. The standard InChI is InChI=1S/C20H19FN2O/c1-24-19-8-7-14(21)11-16(19)15-9-10-22-20-17(15)12-18(23-20)13-5-3-2-4-6-13/h5,7-12H,2-4,6H2,1H3,(H,22,23). The molecule has 0 radical (unpaired) electrons. The number of rotatable bonds is 3. The summed E-state index contributed by atoms with van der Waals surface area (Å²) in [6, 6.07) is 8.62. The number of nitrogens with zero attached hydrogens (tertiary/aromatic N) is 1. The van der Waals surface area contributed by atoms with Crippen LogP contribution >= 0.6 is 0 Å². The van der Waals surface area contributed by atoms with Crippen LogP contribution in [0.25, 0.3) is 27.7 Å². The smallest absolute Gasteiger partial charge is 0.138 e. The van der Waals surface area contributed by atoms with Gasteiger partial charge in [-0.25, -0.2) is 9.37 Å². The van der Waals surface area contributed by atoms with Gasteiger partial charge in [-0.05, 0) is 67.2 Å². The Bertz CT molecular complexity index is 927. The van der Waals surface area contributed by atoms with Gasteiger partial charge in [0.2, 0.25) is 0 Å². The Labute approximate surface area is 140 Å². The number of H-pyrrole nitrogens is 1. The molecule has 0 fully saturated rings. The Hall–Kier alpha value is -2.62.